The van der Waals surface area contributed by atoms with Crippen LogP contribution in [0.15, 0.2) is 23.2 Å². The predicted octanol–water partition coefficient (Wildman–Crippen LogP) is 0.665. The predicted molar refractivity (Wildman–Crippen MR) is 84.8 cm³/mol. The van der Waals surface area contributed by atoms with Crippen molar-refractivity contribution in [2.24, 2.45) is 0 Å². The van der Waals surface area contributed by atoms with E-state index in [2.05, 4.69) is 15.2 Å². The van der Waals surface area contributed by atoms with E-state index in [4.69, 9.17) is 14.0 Å². The fourth-order valence-electron chi connectivity index (χ4n) is 3.49. The second-order valence-electron chi connectivity index (χ2n) is 6.68. The molecule has 2 aromatic rings. The van der Waals surface area contributed by atoms with E-state index in [0.29, 0.717) is 44.3 Å². The second-order valence-corrected chi connectivity index (χ2v) is 6.68. The van der Waals surface area contributed by atoms with E-state index in [1.54, 1.807) is 28.9 Å². The first-order valence-corrected chi connectivity index (χ1v) is 8.44. The molecule has 2 fully saturated rings. The number of hydrogen-bond donors (Lipinski definition) is 0. The molecule has 2 atom stereocenters. The summed E-state index contributed by atoms with van der Waals surface area (Å²) >= 11 is 0. The van der Waals surface area contributed by atoms with Gasteiger partial charge in [0.2, 0.25) is 0 Å². The van der Waals surface area contributed by atoms with Crippen molar-refractivity contribution < 1.29 is 18.8 Å². The third kappa shape index (κ3) is 3.42. The molecule has 4 rings (SSSR count). The molecule has 2 aliphatic rings. The Labute approximate surface area is 144 Å². The Morgan fingerprint density at radius 1 is 1.48 bits per heavy atom. The van der Waals surface area contributed by atoms with Gasteiger partial charge in [-0.3, -0.25) is 9.48 Å². The summed E-state index contributed by atoms with van der Waals surface area (Å²) in [5.41, 5.74) is -0.150. The van der Waals surface area contributed by atoms with E-state index in [9.17, 15) is 4.79 Å². The molecule has 0 aromatic carbocycles. The number of aryl methyl sites for hydroxylation is 1. The van der Waals surface area contributed by atoms with Gasteiger partial charge in [-0.15, -0.1) is 0 Å². The molecule has 9 nitrogen and oxygen atoms in total. The first-order valence-electron chi connectivity index (χ1n) is 8.44. The highest BCUT2D eigenvalue weighted by molar-refractivity contribution is 5.92. The quantitative estimate of drug-likeness (QED) is 0.805. The van der Waals surface area contributed by atoms with E-state index < -0.39 is 5.60 Å². The molecule has 2 aromatic heterocycles. The smallest absolute Gasteiger partial charge is 0.276 e. The SMILES string of the molecule is Cc1cc(C(=O)N2CCOC[C@@]3(CC[C@H](Cn4cncn4)O3)C2)no1. The highest BCUT2D eigenvalue weighted by atomic mass is 16.6. The van der Waals surface area contributed by atoms with Crippen molar-refractivity contribution in [1.82, 2.24) is 24.8 Å². The van der Waals surface area contributed by atoms with Crippen molar-refractivity contribution in [3.8, 4) is 0 Å². The number of hydrogen-bond acceptors (Lipinski definition) is 7. The molecule has 0 aliphatic carbocycles. The molecule has 1 spiro atoms. The van der Waals surface area contributed by atoms with E-state index in [1.807, 2.05) is 0 Å². The molecular weight excluding hydrogens is 326 g/mol. The molecule has 2 saturated heterocycles. The number of rotatable bonds is 3. The molecule has 0 bridgehead atoms. The number of carbonyl (C=O) groups is 1. The summed E-state index contributed by atoms with van der Waals surface area (Å²) in [7, 11) is 0. The molecule has 0 saturated carbocycles. The normalized spacial score (nSPS) is 26.9. The lowest BCUT2D eigenvalue weighted by molar-refractivity contribution is -0.0881. The van der Waals surface area contributed by atoms with Gasteiger partial charge in [-0.2, -0.15) is 5.10 Å². The summed E-state index contributed by atoms with van der Waals surface area (Å²) in [6.07, 6.45) is 4.97. The minimum atomic E-state index is -0.476. The molecular formula is C16H21N5O4. The van der Waals surface area contributed by atoms with Crippen molar-refractivity contribution in [2.45, 2.75) is 38.0 Å². The highest BCUT2D eigenvalue weighted by Gasteiger charge is 2.44. The minimum absolute atomic E-state index is 0.0367. The summed E-state index contributed by atoms with van der Waals surface area (Å²) in [5.74, 6) is 0.471. The Morgan fingerprint density at radius 3 is 3.16 bits per heavy atom. The van der Waals surface area contributed by atoms with Gasteiger partial charge in [0.05, 0.1) is 32.4 Å². The van der Waals surface area contributed by atoms with Gasteiger partial charge >= 0.3 is 0 Å². The van der Waals surface area contributed by atoms with E-state index >= 15 is 0 Å². The number of nitrogens with zero attached hydrogens (tertiary/aromatic N) is 5. The van der Waals surface area contributed by atoms with Gasteiger partial charge < -0.3 is 18.9 Å². The van der Waals surface area contributed by atoms with Crippen LogP contribution in [0.4, 0.5) is 0 Å². The standard InChI is InChI=1S/C16H21N5O4/c1-12-6-14(19-25-12)15(22)20-4-5-23-9-16(8-20)3-2-13(24-16)7-21-11-17-10-18-21/h6,10-11,13H,2-5,7-9H2,1H3/t13-,16-/m1/s1. The van der Waals surface area contributed by atoms with Crippen LogP contribution in [0.2, 0.25) is 0 Å². The summed E-state index contributed by atoms with van der Waals surface area (Å²) < 4.78 is 18.8. The monoisotopic (exact) mass is 347 g/mol. The van der Waals surface area contributed by atoms with Crippen LogP contribution in [0.25, 0.3) is 0 Å². The fraction of sp³-hybridized carbons (Fsp3) is 0.625. The van der Waals surface area contributed by atoms with Crippen LogP contribution in [0, 0.1) is 6.92 Å². The zero-order chi connectivity index (χ0) is 17.3. The molecule has 0 unspecified atom stereocenters. The lowest BCUT2D eigenvalue weighted by atomic mass is 10.00. The maximum atomic E-state index is 12.7. The van der Waals surface area contributed by atoms with Crippen molar-refractivity contribution in [3.63, 3.8) is 0 Å². The number of aromatic nitrogens is 4. The van der Waals surface area contributed by atoms with Gasteiger partial charge in [-0.25, -0.2) is 4.98 Å². The summed E-state index contributed by atoms with van der Waals surface area (Å²) in [4.78, 5) is 18.4. The zero-order valence-corrected chi connectivity index (χ0v) is 14.1. The third-order valence-corrected chi connectivity index (χ3v) is 4.68. The van der Waals surface area contributed by atoms with E-state index in [0.717, 1.165) is 12.8 Å². The Balaban J connectivity index is 1.45. The van der Waals surface area contributed by atoms with Gasteiger partial charge in [-0.05, 0) is 19.8 Å². The highest BCUT2D eigenvalue weighted by Crippen LogP contribution is 2.34. The summed E-state index contributed by atoms with van der Waals surface area (Å²) in [6, 6.07) is 1.66. The van der Waals surface area contributed by atoms with Crippen LogP contribution in [-0.4, -0.2) is 68.7 Å². The van der Waals surface area contributed by atoms with Crippen LogP contribution in [0.1, 0.15) is 29.1 Å². The Morgan fingerprint density at radius 2 is 2.40 bits per heavy atom. The van der Waals surface area contributed by atoms with Crippen molar-refractivity contribution in [3.05, 3.63) is 30.2 Å². The summed E-state index contributed by atoms with van der Waals surface area (Å²) in [5, 5.41) is 7.96. The lowest BCUT2D eigenvalue weighted by Gasteiger charge is -2.31. The van der Waals surface area contributed by atoms with E-state index in [-0.39, 0.29) is 12.0 Å². The van der Waals surface area contributed by atoms with Gasteiger partial charge in [0, 0.05) is 12.6 Å². The third-order valence-electron chi connectivity index (χ3n) is 4.68. The van der Waals surface area contributed by atoms with Crippen LogP contribution in [0.3, 0.4) is 0 Å². The second kappa shape index (κ2) is 6.57. The van der Waals surface area contributed by atoms with Crippen LogP contribution in [0.5, 0.6) is 0 Å². The Bertz CT molecular complexity index is 731. The van der Waals surface area contributed by atoms with Gasteiger partial charge in [0.25, 0.3) is 5.91 Å². The maximum absolute atomic E-state index is 12.7. The zero-order valence-electron chi connectivity index (χ0n) is 14.1. The lowest BCUT2D eigenvalue weighted by Crippen LogP contribution is -2.47. The molecule has 0 radical (unpaired) electrons. The van der Waals surface area contributed by atoms with Crippen molar-refractivity contribution in [1.29, 1.82) is 0 Å². The molecule has 134 valence electrons. The van der Waals surface area contributed by atoms with Gasteiger partial charge in [-0.1, -0.05) is 5.16 Å². The fourth-order valence-corrected chi connectivity index (χ4v) is 3.49. The van der Waals surface area contributed by atoms with Crippen molar-refractivity contribution in [2.75, 3.05) is 26.3 Å². The average molecular weight is 347 g/mol. The molecule has 1 amide bonds. The molecule has 2 aliphatic heterocycles. The average Bonchev–Trinajstić information content (AvgIpc) is 3.30. The first kappa shape index (κ1) is 16.2. The molecule has 4 heterocycles. The Hall–Kier alpha value is -2.26. The first-order chi connectivity index (χ1) is 12.1. The molecule has 9 heteroatoms. The molecule has 0 N–H and O–H groups in total. The number of carbonyl (C=O) groups excluding carboxylic acids is 1. The number of amides is 1. The van der Waals surface area contributed by atoms with Crippen LogP contribution in [-0.2, 0) is 16.0 Å². The van der Waals surface area contributed by atoms with Crippen LogP contribution >= 0.6 is 0 Å². The topological polar surface area (TPSA) is 95.5 Å². The number of ether oxygens (including phenoxy) is 2. The largest absolute Gasteiger partial charge is 0.377 e. The molecule has 25 heavy (non-hydrogen) atoms. The maximum Gasteiger partial charge on any atom is 0.276 e. The minimum Gasteiger partial charge on any atom is -0.377 e. The van der Waals surface area contributed by atoms with Crippen molar-refractivity contribution >= 4 is 5.91 Å². The van der Waals surface area contributed by atoms with E-state index in [1.165, 1.54) is 6.33 Å². The van der Waals surface area contributed by atoms with Gasteiger partial charge in [0.1, 0.15) is 24.0 Å². The van der Waals surface area contributed by atoms with Crippen LogP contribution < -0.4 is 0 Å². The van der Waals surface area contributed by atoms with Gasteiger partial charge in [0.15, 0.2) is 5.69 Å². The Kier molecular flexibility index (Phi) is 4.26. The summed E-state index contributed by atoms with van der Waals surface area (Å²) in [6.45, 7) is 4.41.